The van der Waals surface area contributed by atoms with E-state index in [0.717, 1.165) is 19.6 Å². The fourth-order valence-electron chi connectivity index (χ4n) is 1.79. The van der Waals surface area contributed by atoms with Crippen LogP contribution in [-0.4, -0.2) is 27.4 Å². The summed E-state index contributed by atoms with van der Waals surface area (Å²) in [6, 6.07) is 8.47. The van der Waals surface area contributed by atoms with E-state index in [9.17, 15) is 0 Å². The van der Waals surface area contributed by atoms with E-state index in [1.54, 1.807) is 14.2 Å². The van der Waals surface area contributed by atoms with Gasteiger partial charge in [-0.15, -0.1) is 0 Å². The Kier molecular flexibility index (Phi) is 5.37. The minimum atomic E-state index is 0.445. The highest BCUT2D eigenvalue weighted by Gasteiger charge is 2.10. The molecule has 0 bridgehead atoms. The third kappa shape index (κ3) is 4.02. The van der Waals surface area contributed by atoms with Crippen LogP contribution in [0.5, 0.6) is 0 Å². The van der Waals surface area contributed by atoms with E-state index in [-0.39, 0.29) is 0 Å². The molecule has 0 saturated carbocycles. The first kappa shape index (κ1) is 12.2. The maximum atomic E-state index is 5.19. The number of methoxy groups -OCH3 is 2. The van der Waals surface area contributed by atoms with Crippen LogP contribution >= 0.6 is 0 Å². The van der Waals surface area contributed by atoms with Gasteiger partial charge in [0.1, 0.15) is 0 Å². The van der Waals surface area contributed by atoms with Crippen LogP contribution in [0.15, 0.2) is 24.3 Å². The van der Waals surface area contributed by atoms with Gasteiger partial charge in [-0.3, -0.25) is 0 Å². The molecule has 0 aromatic heterocycles. The molecular weight excluding hydrogens is 188 g/mol. The lowest BCUT2D eigenvalue weighted by molar-refractivity contribution is 0.0848. The molecule has 1 aromatic carbocycles. The molecule has 0 aliphatic rings. The first-order valence-electron chi connectivity index (χ1n) is 5.30. The molecule has 0 saturated heterocycles. The van der Waals surface area contributed by atoms with E-state index < -0.39 is 0 Å². The number of ether oxygens (including phenoxy) is 2. The van der Waals surface area contributed by atoms with Crippen molar-refractivity contribution in [3.8, 4) is 0 Å². The number of hydrogen-bond acceptors (Lipinski definition) is 2. The third-order valence-electron chi connectivity index (χ3n) is 2.57. The Morgan fingerprint density at radius 1 is 1.07 bits per heavy atom. The Morgan fingerprint density at radius 3 is 2.20 bits per heavy atom. The molecule has 0 radical (unpaired) electrons. The van der Waals surface area contributed by atoms with E-state index in [1.807, 2.05) is 0 Å². The number of hydrogen-bond donors (Lipinski definition) is 0. The summed E-state index contributed by atoms with van der Waals surface area (Å²) in [7, 11) is 3.47. The number of benzene rings is 1. The second kappa shape index (κ2) is 6.59. The zero-order valence-corrected chi connectivity index (χ0v) is 9.82. The second-order valence-electron chi connectivity index (χ2n) is 3.91. The SMILES string of the molecule is COCC(COC)Cc1ccccc1C. The second-order valence-corrected chi connectivity index (χ2v) is 3.91. The van der Waals surface area contributed by atoms with Crippen LogP contribution in [0, 0.1) is 12.8 Å². The van der Waals surface area contributed by atoms with E-state index in [1.165, 1.54) is 11.1 Å². The lowest BCUT2D eigenvalue weighted by atomic mass is 9.97. The number of rotatable bonds is 6. The summed E-state index contributed by atoms with van der Waals surface area (Å²) >= 11 is 0. The van der Waals surface area contributed by atoms with Crippen molar-refractivity contribution in [2.75, 3.05) is 27.4 Å². The van der Waals surface area contributed by atoms with E-state index >= 15 is 0 Å². The third-order valence-corrected chi connectivity index (χ3v) is 2.57. The molecule has 0 amide bonds. The first-order valence-corrected chi connectivity index (χ1v) is 5.30. The van der Waals surface area contributed by atoms with E-state index in [4.69, 9.17) is 9.47 Å². The molecule has 2 heteroatoms. The fourth-order valence-corrected chi connectivity index (χ4v) is 1.79. The van der Waals surface area contributed by atoms with Crippen molar-refractivity contribution in [2.45, 2.75) is 13.3 Å². The summed E-state index contributed by atoms with van der Waals surface area (Å²) < 4.78 is 10.4. The first-order chi connectivity index (χ1) is 7.27. The predicted octanol–water partition coefficient (Wildman–Crippen LogP) is 2.45. The van der Waals surface area contributed by atoms with Crippen LogP contribution in [0.4, 0.5) is 0 Å². The Balaban J connectivity index is 2.60. The van der Waals surface area contributed by atoms with Gasteiger partial charge in [0, 0.05) is 20.1 Å². The summed E-state index contributed by atoms with van der Waals surface area (Å²) in [5.41, 5.74) is 2.73. The molecule has 0 heterocycles. The van der Waals surface area contributed by atoms with Crippen LogP contribution < -0.4 is 0 Å². The molecule has 0 atom stereocenters. The molecule has 15 heavy (non-hydrogen) atoms. The van der Waals surface area contributed by atoms with E-state index in [2.05, 4.69) is 31.2 Å². The van der Waals surface area contributed by atoms with Gasteiger partial charge in [-0.25, -0.2) is 0 Å². The Labute approximate surface area is 92.2 Å². The molecule has 2 nitrogen and oxygen atoms in total. The lowest BCUT2D eigenvalue weighted by Gasteiger charge is -2.16. The van der Waals surface area contributed by atoms with E-state index in [0.29, 0.717) is 5.92 Å². The smallest absolute Gasteiger partial charge is 0.0515 e. The van der Waals surface area contributed by atoms with Crippen LogP contribution in [-0.2, 0) is 15.9 Å². The van der Waals surface area contributed by atoms with Crippen LogP contribution in [0.3, 0.4) is 0 Å². The van der Waals surface area contributed by atoms with Crippen LogP contribution in [0.25, 0.3) is 0 Å². The zero-order valence-electron chi connectivity index (χ0n) is 9.82. The standard InChI is InChI=1S/C13H20O2/c1-11-6-4-5-7-13(11)8-12(9-14-2)10-15-3/h4-7,12H,8-10H2,1-3H3. The van der Waals surface area contributed by atoms with Gasteiger partial charge in [-0.05, 0) is 24.5 Å². The van der Waals surface area contributed by atoms with Crippen LogP contribution in [0.1, 0.15) is 11.1 Å². The lowest BCUT2D eigenvalue weighted by Crippen LogP contribution is -2.17. The van der Waals surface area contributed by atoms with Gasteiger partial charge in [0.15, 0.2) is 0 Å². The summed E-state index contributed by atoms with van der Waals surface area (Å²) in [5, 5.41) is 0. The van der Waals surface area contributed by atoms with Crippen molar-refractivity contribution in [3.05, 3.63) is 35.4 Å². The molecule has 0 N–H and O–H groups in total. The molecule has 0 unspecified atom stereocenters. The van der Waals surface area contributed by atoms with Gasteiger partial charge < -0.3 is 9.47 Å². The van der Waals surface area contributed by atoms with Crippen molar-refractivity contribution in [1.29, 1.82) is 0 Å². The molecule has 1 aromatic rings. The zero-order chi connectivity index (χ0) is 11.1. The topological polar surface area (TPSA) is 18.5 Å². The van der Waals surface area contributed by atoms with Crippen molar-refractivity contribution in [3.63, 3.8) is 0 Å². The highest BCUT2D eigenvalue weighted by molar-refractivity contribution is 5.25. The normalized spacial score (nSPS) is 10.9. The highest BCUT2D eigenvalue weighted by atomic mass is 16.5. The van der Waals surface area contributed by atoms with Crippen molar-refractivity contribution >= 4 is 0 Å². The molecule has 0 aliphatic carbocycles. The van der Waals surface area contributed by atoms with Gasteiger partial charge in [-0.1, -0.05) is 24.3 Å². The van der Waals surface area contributed by atoms with Gasteiger partial charge in [0.25, 0.3) is 0 Å². The average molecular weight is 208 g/mol. The molecule has 84 valence electrons. The highest BCUT2D eigenvalue weighted by Crippen LogP contribution is 2.13. The average Bonchev–Trinajstić information content (AvgIpc) is 2.22. The predicted molar refractivity (Wildman–Crippen MR) is 62.1 cm³/mol. The van der Waals surface area contributed by atoms with Gasteiger partial charge in [0.2, 0.25) is 0 Å². The summed E-state index contributed by atoms with van der Waals surface area (Å²) in [6.07, 6.45) is 1.02. The largest absolute Gasteiger partial charge is 0.384 e. The van der Waals surface area contributed by atoms with Crippen molar-refractivity contribution in [2.24, 2.45) is 5.92 Å². The van der Waals surface area contributed by atoms with Crippen molar-refractivity contribution in [1.82, 2.24) is 0 Å². The van der Waals surface area contributed by atoms with Gasteiger partial charge >= 0.3 is 0 Å². The monoisotopic (exact) mass is 208 g/mol. The molecular formula is C13H20O2. The Hall–Kier alpha value is -0.860. The minimum absolute atomic E-state index is 0.445. The number of aryl methyl sites for hydroxylation is 1. The molecule has 0 aliphatic heterocycles. The fraction of sp³-hybridized carbons (Fsp3) is 0.538. The van der Waals surface area contributed by atoms with Crippen molar-refractivity contribution < 1.29 is 9.47 Å². The summed E-state index contributed by atoms with van der Waals surface area (Å²) in [4.78, 5) is 0. The maximum Gasteiger partial charge on any atom is 0.0515 e. The molecule has 0 spiro atoms. The molecule has 0 fully saturated rings. The minimum Gasteiger partial charge on any atom is -0.384 e. The Morgan fingerprint density at radius 2 is 1.67 bits per heavy atom. The summed E-state index contributed by atoms with van der Waals surface area (Å²) in [6.45, 7) is 3.65. The Bertz CT molecular complexity index is 278. The molecule has 1 rings (SSSR count). The van der Waals surface area contributed by atoms with Crippen LogP contribution in [0.2, 0.25) is 0 Å². The maximum absolute atomic E-state index is 5.19. The quantitative estimate of drug-likeness (QED) is 0.715. The van der Waals surface area contributed by atoms with Gasteiger partial charge in [0.05, 0.1) is 13.2 Å². The summed E-state index contributed by atoms with van der Waals surface area (Å²) in [5.74, 6) is 0.445. The van der Waals surface area contributed by atoms with Gasteiger partial charge in [-0.2, -0.15) is 0 Å².